The predicted molar refractivity (Wildman–Crippen MR) is 240 cm³/mol. The van der Waals surface area contributed by atoms with Gasteiger partial charge in [0.05, 0.1) is 0 Å². The van der Waals surface area contributed by atoms with Gasteiger partial charge in [0, 0.05) is 22.4 Å². The molecule has 1 heteroatoms. The van der Waals surface area contributed by atoms with Crippen molar-refractivity contribution >= 4 is 35.2 Å². The van der Waals surface area contributed by atoms with Gasteiger partial charge < -0.3 is 5.32 Å². The molecule has 0 atom stereocenters. The van der Waals surface area contributed by atoms with E-state index in [-0.39, 0.29) is 5.41 Å². The number of hydrogen-bond donors (Lipinski definition) is 1. The monoisotopic (exact) mass is 707 g/mol. The van der Waals surface area contributed by atoms with Crippen LogP contribution in [0.5, 0.6) is 0 Å². The average Bonchev–Trinajstić information content (AvgIpc) is 3.19. The Kier molecular flexibility index (Phi) is 13.5. The van der Waals surface area contributed by atoms with Gasteiger partial charge in [0.15, 0.2) is 0 Å². The smallest absolute Gasteiger partial charge is 0.0464 e. The Balaban J connectivity index is 1.66. The van der Waals surface area contributed by atoms with Crippen molar-refractivity contribution in [1.82, 2.24) is 0 Å². The fourth-order valence-electron chi connectivity index (χ4n) is 7.18. The van der Waals surface area contributed by atoms with Crippen LogP contribution in [0.3, 0.4) is 0 Å². The first-order chi connectivity index (χ1) is 26.1. The summed E-state index contributed by atoms with van der Waals surface area (Å²) < 4.78 is 0. The van der Waals surface area contributed by atoms with Gasteiger partial charge in [-0.2, -0.15) is 0 Å². The van der Waals surface area contributed by atoms with Crippen LogP contribution in [0.4, 0.5) is 5.69 Å². The average molecular weight is 708 g/mol. The molecule has 4 aromatic rings. The zero-order chi connectivity index (χ0) is 38.7. The van der Waals surface area contributed by atoms with Crippen molar-refractivity contribution < 1.29 is 0 Å². The molecule has 0 amide bonds. The quantitative estimate of drug-likeness (QED) is 0.145. The lowest BCUT2D eigenvalue weighted by atomic mass is 9.74. The third-order valence-corrected chi connectivity index (χ3v) is 10.5. The number of allylic oxidation sites excluding steroid dienone is 13. The van der Waals surface area contributed by atoms with Crippen LogP contribution in [0.2, 0.25) is 0 Å². The van der Waals surface area contributed by atoms with Gasteiger partial charge >= 0.3 is 0 Å². The van der Waals surface area contributed by atoms with E-state index < -0.39 is 0 Å². The van der Waals surface area contributed by atoms with Gasteiger partial charge in [0.25, 0.3) is 0 Å². The first-order valence-electron chi connectivity index (χ1n) is 19.3. The second-order valence-corrected chi connectivity index (χ2v) is 14.7. The number of hydrogen-bond acceptors (Lipinski definition) is 1. The summed E-state index contributed by atoms with van der Waals surface area (Å²) in [6, 6.07) is 30.6. The highest BCUT2D eigenvalue weighted by atomic mass is 14.9. The van der Waals surface area contributed by atoms with Gasteiger partial charge in [0.2, 0.25) is 0 Å². The third-order valence-electron chi connectivity index (χ3n) is 10.5. The summed E-state index contributed by atoms with van der Waals surface area (Å²) in [5, 5.41) is 6.27. The Hall–Kier alpha value is -5.66. The van der Waals surface area contributed by atoms with Crippen LogP contribution in [-0.2, 0) is 0 Å². The molecule has 0 spiro atoms. The van der Waals surface area contributed by atoms with Crippen LogP contribution in [0, 0.1) is 19.3 Å². The molecule has 54 heavy (non-hydrogen) atoms. The van der Waals surface area contributed by atoms with E-state index >= 15 is 0 Å². The van der Waals surface area contributed by atoms with Crippen LogP contribution < -0.4 is 15.8 Å². The summed E-state index contributed by atoms with van der Waals surface area (Å²) >= 11 is 0. The molecule has 0 aliphatic heterocycles. The lowest BCUT2D eigenvalue weighted by Crippen LogP contribution is -2.26. The Morgan fingerprint density at radius 2 is 1.56 bits per heavy atom. The highest BCUT2D eigenvalue weighted by Crippen LogP contribution is 2.41. The Morgan fingerprint density at radius 3 is 2.24 bits per heavy atom. The predicted octanol–water partition coefficient (Wildman–Crippen LogP) is 13.5. The molecule has 1 aliphatic carbocycles. The van der Waals surface area contributed by atoms with Crippen LogP contribution in [0.1, 0.15) is 82.2 Å². The van der Waals surface area contributed by atoms with Crippen molar-refractivity contribution in [3.05, 3.63) is 201 Å². The van der Waals surface area contributed by atoms with E-state index in [1.165, 1.54) is 60.5 Å². The van der Waals surface area contributed by atoms with Crippen LogP contribution in [0.15, 0.2) is 163 Å². The molecule has 0 bridgehead atoms. The zero-order valence-electron chi connectivity index (χ0n) is 33.6. The number of nitrogens with one attached hydrogen (secondary N) is 1. The molecule has 0 saturated carbocycles. The normalized spacial score (nSPS) is 15.0. The molecule has 1 nitrogen and oxygen atoms in total. The second-order valence-electron chi connectivity index (χ2n) is 14.7. The molecule has 0 radical (unpaired) electrons. The summed E-state index contributed by atoms with van der Waals surface area (Å²) in [5.41, 5.74) is 15.2. The molecule has 0 fully saturated rings. The van der Waals surface area contributed by atoms with Gasteiger partial charge in [-0.05, 0) is 128 Å². The van der Waals surface area contributed by atoms with E-state index in [4.69, 9.17) is 0 Å². The lowest BCUT2D eigenvalue weighted by Gasteiger charge is -2.30. The fourth-order valence-corrected chi connectivity index (χ4v) is 7.18. The molecule has 1 aliphatic rings. The SMILES string of the molecule is C=C(/C=c1/cccc/c1=C/C)C(C)(C)C(=C/C=C\c1c(C)cc(C)cc1-c1cc(C2=CC=CCC2)ccc1N/C(=C\C=C/C)c1ccccc1)/C(C)=C/C. The topological polar surface area (TPSA) is 12.0 Å². The van der Waals surface area contributed by atoms with Gasteiger partial charge in [-0.15, -0.1) is 0 Å². The highest BCUT2D eigenvalue weighted by Gasteiger charge is 2.26. The molecule has 1 N–H and O–H groups in total. The maximum Gasteiger partial charge on any atom is 0.0464 e. The van der Waals surface area contributed by atoms with Gasteiger partial charge in [-0.1, -0.05) is 171 Å². The van der Waals surface area contributed by atoms with Gasteiger partial charge in [-0.3, -0.25) is 0 Å². The minimum absolute atomic E-state index is 0.298. The highest BCUT2D eigenvalue weighted by molar-refractivity contribution is 5.92. The molecular weight excluding hydrogens is 651 g/mol. The molecule has 5 rings (SSSR count). The first kappa shape index (κ1) is 39.5. The minimum atomic E-state index is -0.298. The standard InChI is InChI=1S/C53H57N/c1-10-13-31-51(44-26-18-15-19-27-44)54-52-33-32-46(43-24-16-14-17-25-43)37-49(52)48-35-38(4)34-40(6)47(48)29-22-30-50(39(5)11-2)53(8,9)41(7)36-45-28-21-20-23-42(45)12-3/h10-16,18-24,26-37,54H,7,17,25H2,1-6,8-9H3/b13-10-,29-22-,39-11+,42-12-,45-36-,50-30+,51-31-. The molecule has 4 aromatic carbocycles. The second kappa shape index (κ2) is 18.4. The Labute approximate surface area is 325 Å². The number of aryl methyl sites for hydroxylation is 2. The summed E-state index contributed by atoms with van der Waals surface area (Å²) in [7, 11) is 0. The van der Waals surface area contributed by atoms with Crippen molar-refractivity contribution in [2.45, 2.75) is 68.2 Å². The van der Waals surface area contributed by atoms with E-state index in [1.54, 1.807) is 0 Å². The molecule has 0 saturated heterocycles. The number of anilines is 1. The molecule has 0 aromatic heterocycles. The largest absolute Gasteiger partial charge is 0.355 e. The third kappa shape index (κ3) is 9.46. The maximum atomic E-state index is 4.61. The van der Waals surface area contributed by atoms with Crippen LogP contribution >= 0.6 is 0 Å². The molecule has 0 heterocycles. The lowest BCUT2D eigenvalue weighted by molar-refractivity contribution is 0.567. The summed E-state index contributed by atoms with van der Waals surface area (Å²) in [4.78, 5) is 0. The van der Waals surface area contributed by atoms with E-state index in [2.05, 4.69) is 225 Å². The fraction of sp³-hybridized carbons (Fsp3) is 0.208. The van der Waals surface area contributed by atoms with E-state index in [0.29, 0.717) is 0 Å². The number of rotatable bonds is 12. The molecule has 274 valence electrons. The van der Waals surface area contributed by atoms with Crippen molar-refractivity contribution in [2.24, 2.45) is 5.41 Å². The van der Waals surface area contributed by atoms with E-state index in [9.17, 15) is 0 Å². The minimum Gasteiger partial charge on any atom is -0.355 e. The van der Waals surface area contributed by atoms with Crippen molar-refractivity contribution in [2.75, 3.05) is 5.32 Å². The van der Waals surface area contributed by atoms with E-state index in [0.717, 1.165) is 35.4 Å². The summed E-state index contributed by atoms with van der Waals surface area (Å²) in [6.07, 6.45) is 28.6. The van der Waals surface area contributed by atoms with Crippen LogP contribution in [0.25, 0.3) is 40.6 Å². The summed E-state index contributed by atoms with van der Waals surface area (Å²) in [6.45, 7) is 22.1. The van der Waals surface area contributed by atoms with Crippen molar-refractivity contribution in [3.63, 3.8) is 0 Å². The zero-order valence-corrected chi connectivity index (χ0v) is 33.6. The van der Waals surface area contributed by atoms with Crippen molar-refractivity contribution in [1.29, 1.82) is 0 Å². The van der Waals surface area contributed by atoms with Crippen molar-refractivity contribution in [3.8, 4) is 11.1 Å². The van der Waals surface area contributed by atoms with Gasteiger partial charge in [0.1, 0.15) is 0 Å². The number of benzene rings is 4. The maximum absolute atomic E-state index is 4.61. The molecular formula is C53H57N. The Morgan fingerprint density at radius 1 is 0.815 bits per heavy atom. The first-order valence-corrected chi connectivity index (χ1v) is 19.3. The summed E-state index contributed by atoms with van der Waals surface area (Å²) in [5.74, 6) is 0. The van der Waals surface area contributed by atoms with Gasteiger partial charge in [-0.25, -0.2) is 0 Å². The van der Waals surface area contributed by atoms with Crippen LogP contribution in [-0.4, -0.2) is 0 Å². The Bertz CT molecular complexity index is 2330. The van der Waals surface area contributed by atoms with E-state index in [1.807, 2.05) is 0 Å². The molecule has 0 unspecified atom stereocenters.